The summed E-state index contributed by atoms with van der Waals surface area (Å²) in [5.74, 6) is 0. The van der Waals surface area contributed by atoms with Crippen molar-refractivity contribution in [3.8, 4) is 0 Å². The molecule has 0 radical (unpaired) electrons. The largest absolute Gasteiger partial charge is 0.336 e. The van der Waals surface area contributed by atoms with Crippen molar-refractivity contribution >= 4 is 17.6 Å². The quantitative estimate of drug-likeness (QED) is 0.880. The molecule has 0 aliphatic carbocycles. The van der Waals surface area contributed by atoms with Crippen molar-refractivity contribution in [2.75, 3.05) is 7.05 Å². The van der Waals surface area contributed by atoms with Crippen LogP contribution in [-0.4, -0.2) is 24.0 Å². The zero-order valence-corrected chi connectivity index (χ0v) is 11.5. The Hall–Kier alpha value is -1.22. The van der Waals surface area contributed by atoms with Crippen molar-refractivity contribution in [3.63, 3.8) is 0 Å². The van der Waals surface area contributed by atoms with Crippen LogP contribution in [0.4, 0.5) is 4.79 Å². The third kappa shape index (κ3) is 3.93. The molecule has 0 heterocycles. The summed E-state index contributed by atoms with van der Waals surface area (Å²) in [7, 11) is 1.78. The van der Waals surface area contributed by atoms with Gasteiger partial charge in [-0.2, -0.15) is 0 Å². The molecule has 0 aliphatic heterocycles. The van der Waals surface area contributed by atoms with Crippen LogP contribution in [0.1, 0.15) is 32.4 Å². The summed E-state index contributed by atoms with van der Waals surface area (Å²) in [4.78, 5) is 13.5. The molecule has 0 bridgehead atoms. The Balaban J connectivity index is 2.75. The number of benzene rings is 1. The second kappa shape index (κ2) is 5.92. The normalized spacial score (nSPS) is 12.4. The summed E-state index contributed by atoms with van der Waals surface area (Å²) in [5.41, 5.74) is 1.03. The molecule has 94 valence electrons. The Morgan fingerprint density at radius 2 is 2.00 bits per heavy atom. The highest BCUT2D eigenvalue weighted by Crippen LogP contribution is 2.21. The van der Waals surface area contributed by atoms with Gasteiger partial charge in [0.15, 0.2) is 0 Å². The Morgan fingerprint density at radius 1 is 1.35 bits per heavy atom. The predicted molar refractivity (Wildman–Crippen MR) is 71.3 cm³/mol. The fourth-order valence-corrected chi connectivity index (χ4v) is 1.71. The second-order valence-electron chi connectivity index (χ2n) is 4.45. The molecule has 17 heavy (non-hydrogen) atoms. The number of carbonyl (C=O) groups excluding carboxylic acids is 1. The molecule has 0 aromatic heterocycles. The van der Waals surface area contributed by atoms with E-state index >= 15 is 0 Å². The van der Waals surface area contributed by atoms with Crippen LogP contribution >= 0.6 is 11.6 Å². The highest BCUT2D eigenvalue weighted by Gasteiger charge is 2.17. The van der Waals surface area contributed by atoms with E-state index in [2.05, 4.69) is 5.32 Å². The van der Waals surface area contributed by atoms with Crippen LogP contribution in [0.5, 0.6) is 0 Å². The second-order valence-corrected chi connectivity index (χ2v) is 4.88. The Bertz CT molecular complexity index is 393. The minimum absolute atomic E-state index is 0.00699. The summed E-state index contributed by atoms with van der Waals surface area (Å²) in [6.07, 6.45) is 0. The lowest BCUT2D eigenvalue weighted by Gasteiger charge is -2.26. The first-order valence-corrected chi connectivity index (χ1v) is 6.08. The van der Waals surface area contributed by atoms with E-state index in [4.69, 9.17) is 11.6 Å². The number of nitrogens with zero attached hydrogens (tertiary/aromatic N) is 1. The summed E-state index contributed by atoms with van der Waals surface area (Å²) in [6, 6.07) is 7.62. The first-order chi connectivity index (χ1) is 7.91. The third-order valence-corrected chi connectivity index (χ3v) is 2.88. The maximum atomic E-state index is 11.8. The van der Waals surface area contributed by atoms with Crippen LogP contribution in [0.3, 0.4) is 0 Å². The van der Waals surface area contributed by atoms with Gasteiger partial charge in [0, 0.05) is 18.1 Å². The van der Waals surface area contributed by atoms with Gasteiger partial charge in [0.1, 0.15) is 0 Å². The monoisotopic (exact) mass is 254 g/mol. The van der Waals surface area contributed by atoms with E-state index < -0.39 is 0 Å². The van der Waals surface area contributed by atoms with E-state index in [1.165, 1.54) is 0 Å². The van der Waals surface area contributed by atoms with Gasteiger partial charge in [-0.1, -0.05) is 23.7 Å². The van der Waals surface area contributed by atoms with Crippen molar-refractivity contribution in [1.29, 1.82) is 0 Å². The molecule has 0 saturated heterocycles. The van der Waals surface area contributed by atoms with Gasteiger partial charge in [0.25, 0.3) is 0 Å². The first kappa shape index (κ1) is 13.8. The standard InChI is InChI=1S/C13H19ClN2O/c1-9(2)15-13(17)16(4)10(3)11-6-5-7-12(14)8-11/h5-10H,1-4H3,(H,15,17). The van der Waals surface area contributed by atoms with Gasteiger partial charge in [-0.25, -0.2) is 4.79 Å². The zero-order valence-electron chi connectivity index (χ0n) is 10.7. The summed E-state index contributed by atoms with van der Waals surface area (Å²) in [6.45, 7) is 5.86. The molecule has 3 nitrogen and oxygen atoms in total. The highest BCUT2D eigenvalue weighted by atomic mass is 35.5. The molecule has 1 unspecified atom stereocenters. The Kier molecular flexibility index (Phi) is 4.82. The van der Waals surface area contributed by atoms with Gasteiger partial charge in [0.2, 0.25) is 0 Å². The minimum atomic E-state index is -0.0764. The smallest absolute Gasteiger partial charge is 0.317 e. The van der Waals surface area contributed by atoms with Crippen molar-refractivity contribution in [2.24, 2.45) is 0 Å². The van der Waals surface area contributed by atoms with E-state index in [1.807, 2.05) is 45.0 Å². The molecule has 0 fully saturated rings. The van der Waals surface area contributed by atoms with Gasteiger partial charge >= 0.3 is 6.03 Å². The SMILES string of the molecule is CC(C)NC(=O)N(C)C(C)c1cccc(Cl)c1. The summed E-state index contributed by atoms with van der Waals surface area (Å²) in [5, 5.41) is 3.55. The fraction of sp³-hybridized carbons (Fsp3) is 0.462. The van der Waals surface area contributed by atoms with Crippen LogP contribution in [0.25, 0.3) is 0 Å². The maximum Gasteiger partial charge on any atom is 0.317 e. The van der Waals surface area contributed by atoms with Gasteiger partial charge in [-0.15, -0.1) is 0 Å². The Labute approximate surface area is 108 Å². The zero-order chi connectivity index (χ0) is 13.0. The average molecular weight is 255 g/mol. The maximum absolute atomic E-state index is 11.8. The lowest BCUT2D eigenvalue weighted by molar-refractivity contribution is 0.192. The number of carbonyl (C=O) groups is 1. The van der Waals surface area contributed by atoms with E-state index in [9.17, 15) is 4.79 Å². The molecule has 0 saturated carbocycles. The molecule has 0 aliphatic rings. The first-order valence-electron chi connectivity index (χ1n) is 5.70. The van der Waals surface area contributed by atoms with Gasteiger partial charge in [0.05, 0.1) is 6.04 Å². The van der Waals surface area contributed by atoms with E-state index in [-0.39, 0.29) is 18.1 Å². The Morgan fingerprint density at radius 3 is 2.53 bits per heavy atom. The molecule has 1 aromatic rings. The number of nitrogens with one attached hydrogen (secondary N) is 1. The van der Waals surface area contributed by atoms with Crippen LogP contribution in [0.2, 0.25) is 5.02 Å². The number of urea groups is 1. The molecule has 1 N–H and O–H groups in total. The van der Waals surface area contributed by atoms with Crippen LogP contribution in [0, 0.1) is 0 Å². The highest BCUT2D eigenvalue weighted by molar-refractivity contribution is 6.30. The third-order valence-electron chi connectivity index (χ3n) is 2.64. The number of amides is 2. The molecular weight excluding hydrogens is 236 g/mol. The van der Waals surface area contributed by atoms with Crippen molar-refractivity contribution < 1.29 is 4.79 Å². The summed E-state index contributed by atoms with van der Waals surface area (Å²) < 4.78 is 0. The molecule has 4 heteroatoms. The van der Waals surface area contributed by atoms with Crippen LogP contribution in [-0.2, 0) is 0 Å². The number of rotatable bonds is 3. The topological polar surface area (TPSA) is 32.3 Å². The van der Waals surface area contributed by atoms with Crippen molar-refractivity contribution in [2.45, 2.75) is 32.9 Å². The number of halogens is 1. The molecular formula is C13H19ClN2O. The lowest BCUT2D eigenvalue weighted by Crippen LogP contribution is -2.41. The van der Waals surface area contributed by atoms with Crippen LogP contribution < -0.4 is 5.32 Å². The van der Waals surface area contributed by atoms with Gasteiger partial charge in [-0.05, 0) is 38.5 Å². The average Bonchev–Trinajstić information content (AvgIpc) is 2.26. The van der Waals surface area contributed by atoms with Crippen LogP contribution in [0.15, 0.2) is 24.3 Å². The van der Waals surface area contributed by atoms with E-state index in [0.29, 0.717) is 5.02 Å². The van der Waals surface area contributed by atoms with E-state index in [0.717, 1.165) is 5.56 Å². The number of hydrogen-bond acceptors (Lipinski definition) is 1. The predicted octanol–water partition coefficient (Wildman–Crippen LogP) is 3.45. The number of hydrogen-bond donors (Lipinski definition) is 1. The van der Waals surface area contributed by atoms with Gasteiger partial charge in [-0.3, -0.25) is 0 Å². The molecule has 1 atom stereocenters. The van der Waals surface area contributed by atoms with E-state index in [1.54, 1.807) is 11.9 Å². The lowest BCUT2D eigenvalue weighted by atomic mass is 10.1. The molecule has 1 aromatic carbocycles. The van der Waals surface area contributed by atoms with Crippen molar-refractivity contribution in [1.82, 2.24) is 10.2 Å². The minimum Gasteiger partial charge on any atom is -0.336 e. The molecule has 2 amide bonds. The molecule has 0 spiro atoms. The fourth-order valence-electron chi connectivity index (χ4n) is 1.51. The van der Waals surface area contributed by atoms with Crippen molar-refractivity contribution in [3.05, 3.63) is 34.9 Å². The van der Waals surface area contributed by atoms with Gasteiger partial charge < -0.3 is 10.2 Å². The molecule has 1 rings (SSSR count). The summed E-state index contributed by atoms with van der Waals surface area (Å²) >= 11 is 5.94.